The maximum atomic E-state index is 12.6. The first kappa shape index (κ1) is 21.8. The zero-order chi connectivity index (χ0) is 22.7. The Bertz CT molecular complexity index is 1170. The lowest BCUT2D eigenvalue weighted by atomic mass is 10.1. The van der Waals surface area contributed by atoms with E-state index in [1.165, 1.54) is 24.4 Å². The van der Waals surface area contributed by atoms with Crippen LogP contribution in [0.2, 0.25) is 0 Å². The molecule has 0 unspecified atom stereocenters. The second kappa shape index (κ2) is 8.82. The van der Waals surface area contributed by atoms with E-state index in [9.17, 15) is 19.5 Å². The van der Waals surface area contributed by atoms with E-state index in [1.54, 1.807) is 38.2 Å². The van der Waals surface area contributed by atoms with Crippen LogP contribution in [0, 0.1) is 0 Å². The molecule has 2 heterocycles. The lowest BCUT2D eigenvalue weighted by Gasteiger charge is -2.23. The molecule has 1 aromatic carbocycles. The molecule has 0 fully saturated rings. The molecule has 10 heteroatoms. The maximum Gasteiger partial charge on any atom is 0.297 e. The number of nitrogens with zero attached hydrogens (tertiary/aromatic N) is 5. The van der Waals surface area contributed by atoms with E-state index in [0.29, 0.717) is 11.1 Å². The topological polar surface area (TPSA) is 122 Å². The van der Waals surface area contributed by atoms with Gasteiger partial charge in [-0.1, -0.05) is 23.4 Å². The van der Waals surface area contributed by atoms with Gasteiger partial charge < -0.3 is 19.4 Å². The molecule has 3 rings (SSSR count). The molecule has 0 saturated carbocycles. The summed E-state index contributed by atoms with van der Waals surface area (Å²) in [4.78, 5) is 45.1. The number of hydrogen-bond acceptors (Lipinski definition) is 8. The summed E-state index contributed by atoms with van der Waals surface area (Å²) in [6.45, 7) is 0.250. The molecule has 0 saturated heterocycles. The minimum Gasteiger partial charge on any atom is -0.501 e. The summed E-state index contributed by atoms with van der Waals surface area (Å²) < 4.78 is 5.86. The number of aromatic hydroxyl groups is 1. The predicted octanol–water partition coefficient (Wildman–Crippen LogP) is 1.24. The van der Waals surface area contributed by atoms with E-state index >= 15 is 0 Å². The van der Waals surface area contributed by atoms with Crippen LogP contribution >= 0.6 is 0 Å². The smallest absolute Gasteiger partial charge is 0.297 e. The Kier molecular flexibility index (Phi) is 6.19. The average Bonchev–Trinajstić information content (AvgIpc) is 3.24. The van der Waals surface area contributed by atoms with Gasteiger partial charge in [-0.05, 0) is 11.6 Å². The monoisotopic (exact) mass is 425 g/mol. The number of amides is 1. The quantitative estimate of drug-likeness (QED) is 0.561. The predicted molar refractivity (Wildman–Crippen MR) is 112 cm³/mol. The van der Waals surface area contributed by atoms with Crippen LogP contribution in [-0.4, -0.2) is 57.5 Å². The van der Waals surface area contributed by atoms with Crippen molar-refractivity contribution in [2.24, 2.45) is 7.05 Å². The highest BCUT2D eigenvalue weighted by Crippen LogP contribution is 2.20. The first-order valence-corrected chi connectivity index (χ1v) is 9.42. The lowest BCUT2D eigenvalue weighted by Crippen LogP contribution is -2.31. The normalized spacial score (nSPS) is 10.7. The lowest BCUT2D eigenvalue weighted by molar-refractivity contribution is 0.0826. The maximum absolute atomic E-state index is 12.6. The van der Waals surface area contributed by atoms with Crippen LogP contribution in [0.1, 0.15) is 32.0 Å². The first-order valence-electron chi connectivity index (χ1n) is 9.42. The molecule has 0 aliphatic rings. The minimum atomic E-state index is -0.747. The number of ketones is 1. The summed E-state index contributed by atoms with van der Waals surface area (Å²) in [6.07, 6.45) is 2.56. The Hall–Kier alpha value is -3.95. The Balaban J connectivity index is 1.96. The molecule has 1 amide bonds. The Morgan fingerprint density at radius 2 is 1.90 bits per heavy atom. The van der Waals surface area contributed by atoms with Gasteiger partial charge in [-0.3, -0.25) is 19.0 Å². The van der Waals surface area contributed by atoms with Crippen LogP contribution in [0.15, 0.2) is 46.0 Å². The molecular formula is C21H23N5O5. The van der Waals surface area contributed by atoms with Crippen LogP contribution in [0.5, 0.6) is 5.75 Å². The molecule has 0 radical (unpaired) electrons. The van der Waals surface area contributed by atoms with Crippen molar-refractivity contribution in [2.75, 3.05) is 26.0 Å². The second-order valence-electron chi connectivity index (χ2n) is 7.32. The summed E-state index contributed by atoms with van der Waals surface area (Å²) in [6, 6.07) is 7.12. The Morgan fingerprint density at radius 1 is 1.19 bits per heavy atom. The van der Waals surface area contributed by atoms with Crippen LogP contribution in [-0.2, 0) is 20.0 Å². The van der Waals surface area contributed by atoms with Gasteiger partial charge in [0.1, 0.15) is 6.26 Å². The van der Waals surface area contributed by atoms with Gasteiger partial charge in [-0.15, -0.1) is 0 Å². The van der Waals surface area contributed by atoms with E-state index in [0.717, 1.165) is 10.1 Å². The largest absolute Gasteiger partial charge is 0.501 e. The highest BCUT2D eigenvalue weighted by atomic mass is 16.5. The molecule has 1 N–H and O–H groups in total. The first-order chi connectivity index (χ1) is 14.7. The van der Waals surface area contributed by atoms with Crippen molar-refractivity contribution in [2.45, 2.75) is 13.0 Å². The fourth-order valence-electron chi connectivity index (χ4n) is 3.13. The standard InChI is InChI=1S/C21H23N5O5/c1-24(2)19(29)15-8-6-5-7-14(15)11-25(3)21-23-17(18(28)20(30)26(21)4)16(27)9-13-10-22-31-12-13/h5-8,10,12,28H,9,11H2,1-4H3. The molecule has 0 atom stereocenters. The summed E-state index contributed by atoms with van der Waals surface area (Å²) in [5.41, 5.74) is 0.667. The molecule has 2 aromatic heterocycles. The Morgan fingerprint density at radius 3 is 2.55 bits per heavy atom. The molecule has 31 heavy (non-hydrogen) atoms. The number of aromatic nitrogens is 3. The van der Waals surface area contributed by atoms with Crippen LogP contribution in [0.25, 0.3) is 0 Å². The van der Waals surface area contributed by atoms with Gasteiger partial charge in [-0.2, -0.15) is 0 Å². The fraction of sp³-hybridized carbons (Fsp3) is 0.286. The van der Waals surface area contributed by atoms with Crippen LogP contribution in [0.4, 0.5) is 5.95 Å². The number of Topliss-reactive ketones (excluding diaryl/α,β-unsaturated/α-hetero) is 1. The SMILES string of the molecule is CN(C)C(=O)c1ccccc1CN(C)c1nc(C(=O)Cc2cnoc2)c(O)c(=O)n1C. The number of benzene rings is 1. The molecule has 0 aliphatic carbocycles. The average molecular weight is 425 g/mol. The number of anilines is 1. The van der Waals surface area contributed by atoms with Crippen molar-refractivity contribution in [3.05, 3.63) is 69.5 Å². The third-order valence-electron chi connectivity index (χ3n) is 4.76. The second-order valence-corrected chi connectivity index (χ2v) is 7.32. The third kappa shape index (κ3) is 4.47. The molecular weight excluding hydrogens is 402 g/mol. The summed E-state index contributed by atoms with van der Waals surface area (Å²) in [7, 11) is 6.47. The van der Waals surface area contributed by atoms with Crippen molar-refractivity contribution in [3.8, 4) is 5.75 Å². The minimum absolute atomic E-state index is 0.124. The number of carbonyl (C=O) groups excluding carboxylic acids is 2. The van der Waals surface area contributed by atoms with Crippen molar-refractivity contribution >= 4 is 17.6 Å². The van der Waals surface area contributed by atoms with Gasteiger partial charge in [-0.25, -0.2) is 4.98 Å². The molecule has 10 nitrogen and oxygen atoms in total. The van der Waals surface area contributed by atoms with Crippen molar-refractivity contribution in [1.82, 2.24) is 19.6 Å². The van der Waals surface area contributed by atoms with Crippen molar-refractivity contribution in [1.29, 1.82) is 0 Å². The molecule has 0 bridgehead atoms. The van der Waals surface area contributed by atoms with Gasteiger partial charge in [0, 0.05) is 52.3 Å². The summed E-state index contributed by atoms with van der Waals surface area (Å²) in [5, 5.41) is 13.8. The third-order valence-corrected chi connectivity index (χ3v) is 4.76. The fourth-order valence-corrected chi connectivity index (χ4v) is 3.13. The Labute approximate surface area is 178 Å². The van der Waals surface area contributed by atoms with E-state index < -0.39 is 17.1 Å². The van der Waals surface area contributed by atoms with Gasteiger partial charge in [0.25, 0.3) is 11.5 Å². The number of carbonyl (C=O) groups is 2. The summed E-state index contributed by atoms with van der Waals surface area (Å²) >= 11 is 0. The van der Waals surface area contributed by atoms with E-state index in [4.69, 9.17) is 4.52 Å². The van der Waals surface area contributed by atoms with Crippen molar-refractivity contribution in [3.63, 3.8) is 0 Å². The van der Waals surface area contributed by atoms with Crippen molar-refractivity contribution < 1.29 is 19.2 Å². The summed E-state index contributed by atoms with van der Waals surface area (Å²) in [5.74, 6) is -1.25. The molecule has 0 spiro atoms. The van der Waals surface area contributed by atoms with Gasteiger partial charge in [0.15, 0.2) is 11.5 Å². The van der Waals surface area contributed by atoms with E-state index in [1.807, 2.05) is 12.1 Å². The van der Waals surface area contributed by atoms with Gasteiger partial charge in [0.05, 0.1) is 6.20 Å². The molecule has 3 aromatic rings. The van der Waals surface area contributed by atoms with E-state index in [-0.39, 0.29) is 30.5 Å². The zero-order valence-corrected chi connectivity index (χ0v) is 17.7. The van der Waals surface area contributed by atoms with Crippen LogP contribution < -0.4 is 10.5 Å². The van der Waals surface area contributed by atoms with Crippen LogP contribution in [0.3, 0.4) is 0 Å². The van der Waals surface area contributed by atoms with Gasteiger partial charge >= 0.3 is 0 Å². The molecule has 0 aliphatic heterocycles. The van der Waals surface area contributed by atoms with Gasteiger partial charge in [0.2, 0.25) is 11.7 Å². The highest BCUT2D eigenvalue weighted by molar-refractivity contribution is 5.98. The zero-order valence-electron chi connectivity index (χ0n) is 17.7. The molecule has 162 valence electrons. The highest BCUT2D eigenvalue weighted by Gasteiger charge is 2.23. The number of hydrogen-bond donors (Lipinski definition) is 1. The van der Waals surface area contributed by atoms with E-state index in [2.05, 4.69) is 10.1 Å². The number of rotatable bonds is 7.